The fourth-order valence-electron chi connectivity index (χ4n) is 6.53. The number of rotatable bonds is 5. The summed E-state index contributed by atoms with van der Waals surface area (Å²) in [6, 6.07) is 55.6. The second-order valence-corrected chi connectivity index (χ2v) is 24.6. The van der Waals surface area contributed by atoms with Gasteiger partial charge in [0.15, 0.2) is 0 Å². The van der Waals surface area contributed by atoms with E-state index in [1.54, 1.807) is 18.3 Å². The van der Waals surface area contributed by atoms with Crippen molar-refractivity contribution in [3.05, 3.63) is 176 Å². The molecule has 0 saturated carbocycles. The quantitative estimate of drug-likeness (QED) is 0.128. The van der Waals surface area contributed by atoms with Gasteiger partial charge in [-0.25, -0.2) is 0 Å². The molecule has 3 aromatic heterocycles. The van der Waals surface area contributed by atoms with E-state index < -0.39 is 20.1 Å². The molecule has 6 aromatic carbocycles. The summed E-state index contributed by atoms with van der Waals surface area (Å²) in [6.07, 6.45) is 3.57. The van der Waals surface area contributed by atoms with Crippen LogP contribution >= 0.6 is 0 Å². The van der Waals surface area contributed by atoms with Gasteiger partial charge < -0.3 is 9.40 Å². The van der Waals surface area contributed by atoms with E-state index in [0.717, 1.165) is 61.0 Å². The van der Waals surface area contributed by atoms with E-state index in [-0.39, 0.29) is 20.1 Å². The van der Waals surface area contributed by atoms with Crippen LogP contribution in [0.5, 0.6) is 0 Å². The molecule has 1 radical (unpaired) electrons. The molecule has 0 bridgehead atoms. The number of aromatic nitrogens is 2. The number of hydrogen-bond donors (Lipinski definition) is 0. The first-order valence-corrected chi connectivity index (χ1v) is 24.7. The Labute approximate surface area is 331 Å². The monoisotopic (exact) mass is 928 g/mol. The number of fused-ring (bicyclic) bond motifs is 5. The second kappa shape index (κ2) is 15.5. The van der Waals surface area contributed by atoms with Crippen LogP contribution in [0.2, 0.25) is 17.3 Å². The fourth-order valence-corrected chi connectivity index (χ4v) is 8.98. The van der Waals surface area contributed by atoms with Gasteiger partial charge in [-0.1, -0.05) is 60.8 Å². The van der Waals surface area contributed by atoms with Crippen molar-refractivity contribution in [1.82, 2.24) is 9.97 Å². The molecule has 0 aliphatic rings. The van der Waals surface area contributed by atoms with Gasteiger partial charge in [0.25, 0.3) is 0 Å². The average molecular weight is 927 g/mol. The van der Waals surface area contributed by atoms with Gasteiger partial charge in [-0.2, -0.15) is 0 Å². The van der Waals surface area contributed by atoms with Gasteiger partial charge in [-0.05, 0) is 17.1 Å². The van der Waals surface area contributed by atoms with Crippen molar-refractivity contribution in [2.24, 2.45) is 0 Å². The molecule has 0 aliphatic carbocycles. The minimum Gasteiger partial charge on any atom is 0 e. The SMILES string of the molecule is [2H]C([2H])([2H])c1c[c-]c(-c2ccccn2)cc1.[CH3][Ge]([CH3])([CH3])[c]1ccc(-c2ccc(-c3ccnc(-c4[c-]ccc5c4oc4c6ccccc6ccc54)c3)cc2)cc1.[Ir]. The molecule has 0 unspecified atom stereocenters. The minimum absolute atomic E-state index is 0. The summed E-state index contributed by atoms with van der Waals surface area (Å²) >= 11 is -1.81. The van der Waals surface area contributed by atoms with Gasteiger partial charge in [0.2, 0.25) is 0 Å². The van der Waals surface area contributed by atoms with Crippen LogP contribution in [-0.4, -0.2) is 23.2 Å². The molecule has 0 fully saturated rings. The van der Waals surface area contributed by atoms with Crippen LogP contribution in [-0.2, 0) is 20.1 Å². The van der Waals surface area contributed by atoms with Crippen molar-refractivity contribution < 1.29 is 28.6 Å². The smallest absolute Gasteiger partial charge is 0 e. The summed E-state index contributed by atoms with van der Waals surface area (Å²) in [5.74, 6) is 7.30. The maximum atomic E-state index is 7.25. The van der Waals surface area contributed by atoms with Crippen molar-refractivity contribution in [3.63, 3.8) is 0 Å². The van der Waals surface area contributed by atoms with Crippen LogP contribution in [0.1, 0.15) is 9.68 Å². The molecule has 0 N–H and O–H groups in total. The molecule has 0 spiro atoms. The first-order chi connectivity index (χ1) is 26.5. The molecular weight excluding hydrogens is 885 g/mol. The molecule has 3 nitrogen and oxygen atoms in total. The first-order valence-electron chi connectivity index (χ1n) is 18.9. The Bertz CT molecular complexity index is 2760. The number of aryl methyl sites for hydroxylation is 1. The van der Waals surface area contributed by atoms with Crippen LogP contribution in [0.25, 0.3) is 77.5 Å². The van der Waals surface area contributed by atoms with Crippen LogP contribution in [0.4, 0.5) is 0 Å². The second-order valence-electron chi connectivity index (χ2n) is 13.9. The van der Waals surface area contributed by atoms with E-state index in [1.807, 2.05) is 30.5 Å². The van der Waals surface area contributed by atoms with Gasteiger partial charge in [0.1, 0.15) is 5.58 Å². The zero-order valence-corrected chi connectivity index (χ0v) is 34.1. The van der Waals surface area contributed by atoms with Crippen molar-refractivity contribution in [2.75, 3.05) is 0 Å². The van der Waals surface area contributed by atoms with Crippen molar-refractivity contribution in [2.45, 2.75) is 24.1 Å². The molecule has 9 aromatic rings. The van der Waals surface area contributed by atoms with Gasteiger partial charge in [0.05, 0.1) is 5.58 Å². The predicted octanol–water partition coefficient (Wildman–Crippen LogP) is 12.3. The van der Waals surface area contributed by atoms with E-state index in [4.69, 9.17) is 13.5 Å². The third-order valence-electron chi connectivity index (χ3n) is 9.40. The summed E-state index contributed by atoms with van der Waals surface area (Å²) in [5.41, 5.74) is 10.1. The normalized spacial score (nSPS) is 12.3. The van der Waals surface area contributed by atoms with E-state index >= 15 is 0 Å². The Morgan fingerprint density at radius 3 is 1.98 bits per heavy atom. The Hall–Kier alpha value is -5.13. The molecule has 3 heterocycles. The van der Waals surface area contributed by atoms with E-state index in [1.165, 1.54) is 27.0 Å². The van der Waals surface area contributed by atoms with Crippen LogP contribution in [0, 0.1) is 19.0 Å². The van der Waals surface area contributed by atoms with Crippen molar-refractivity contribution >= 4 is 50.4 Å². The molecule has 53 heavy (non-hydrogen) atoms. The van der Waals surface area contributed by atoms with Crippen LogP contribution < -0.4 is 4.40 Å². The molecule has 9 rings (SSSR count). The number of hydrogen-bond acceptors (Lipinski definition) is 3. The summed E-state index contributed by atoms with van der Waals surface area (Å²) in [5, 5.41) is 4.49. The first kappa shape index (κ1) is 32.5. The van der Waals surface area contributed by atoms with Gasteiger partial charge in [-0.3, -0.25) is 0 Å². The topological polar surface area (TPSA) is 38.9 Å². The van der Waals surface area contributed by atoms with E-state index in [2.05, 4.69) is 138 Å². The zero-order valence-electron chi connectivity index (χ0n) is 32.6. The summed E-state index contributed by atoms with van der Waals surface area (Å²) < 4.78 is 29.8. The third kappa shape index (κ3) is 7.68. The molecule has 261 valence electrons. The predicted molar refractivity (Wildman–Crippen MR) is 220 cm³/mol. The molecular formula is C48H38GeIrN2O-2. The number of benzene rings is 6. The summed E-state index contributed by atoms with van der Waals surface area (Å²) in [7, 11) is 0. The minimum atomic E-state index is -2.07. The van der Waals surface area contributed by atoms with Crippen molar-refractivity contribution in [3.8, 4) is 44.8 Å². The standard InChI is InChI=1S/C36H28GeNO.C12H10N.Ir/c1-37(2,3)29-18-15-25(16-19-29)24-11-13-26(14-12-24)28-21-22-38-34(23-28)33-10-6-9-31-32-20-17-27-7-4-5-8-30(27)35(32)39-36(31)33;1-10-5-7-11(8-6-10)12-4-2-3-9-13-12;/h4-9,11-23H,1-3H3;2-7,9H,1H3;/q2*-1;/i;1D3;. The number of nitrogens with zero attached hydrogens (tertiary/aromatic N) is 2. The Morgan fingerprint density at radius 2 is 1.28 bits per heavy atom. The molecule has 0 saturated heterocycles. The van der Waals surface area contributed by atoms with Crippen molar-refractivity contribution in [1.29, 1.82) is 0 Å². The Morgan fingerprint density at radius 1 is 0.585 bits per heavy atom. The maximum absolute atomic E-state index is 7.25. The van der Waals surface area contributed by atoms with E-state index in [0.29, 0.717) is 5.56 Å². The zero-order chi connectivity index (χ0) is 38.2. The Balaban J connectivity index is 0.000000238. The molecule has 0 amide bonds. The summed E-state index contributed by atoms with van der Waals surface area (Å²) in [4.78, 5) is 8.89. The average Bonchev–Trinajstić information content (AvgIpc) is 3.61. The molecule has 0 aliphatic heterocycles. The number of pyridine rings is 2. The van der Waals surface area contributed by atoms with Gasteiger partial charge in [0, 0.05) is 41.2 Å². The van der Waals surface area contributed by atoms with Gasteiger partial charge in [-0.15, -0.1) is 53.6 Å². The molecule has 5 heteroatoms. The maximum Gasteiger partial charge on any atom is 0 e. The number of furan rings is 1. The summed E-state index contributed by atoms with van der Waals surface area (Å²) in [6.45, 7) is -2.07. The molecule has 0 atom stereocenters. The fraction of sp³-hybridized carbons (Fsp3) is 0.0833. The largest absolute Gasteiger partial charge is 0 e. The van der Waals surface area contributed by atoms with Gasteiger partial charge >= 0.3 is 140 Å². The van der Waals surface area contributed by atoms with Crippen LogP contribution in [0.15, 0.2) is 162 Å². The van der Waals surface area contributed by atoms with E-state index in [9.17, 15) is 0 Å². The Kier molecular flexibility index (Phi) is 9.49. The van der Waals surface area contributed by atoms with Crippen LogP contribution in [0.3, 0.4) is 0 Å². The third-order valence-corrected chi connectivity index (χ3v) is 13.7.